The largest absolute Gasteiger partial charge is 0.494 e. The van der Waals surface area contributed by atoms with Gasteiger partial charge in [-0.15, -0.1) is 0 Å². The molecular weight excluding hydrogens is 543 g/mol. The van der Waals surface area contributed by atoms with Crippen molar-refractivity contribution in [1.82, 2.24) is 10.2 Å². The quantitative estimate of drug-likeness (QED) is 0.217. The van der Waals surface area contributed by atoms with E-state index in [2.05, 4.69) is 5.32 Å². The van der Waals surface area contributed by atoms with Crippen LogP contribution in [0.4, 0.5) is 0 Å². The standard InChI is InChI=1S/C30H33Cl3N2O3/c1-3-21(2)34-30(37)28(18-22-8-5-4-6-9-22)35(20-23-11-12-25(32)19-27(23)33)29(36)10-7-17-38-26-15-13-24(31)14-16-26/h4-6,8-9,11-16,19,21,28H,3,7,10,17-18,20H2,1-2H3,(H,34,37)/t21-,28+/m0/s1. The number of halogens is 3. The lowest BCUT2D eigenvalue weighted by atomic mass is 10.0. The molecule has 5 nitrogen and oxygen atoms in total. The summed E-state index contributed by atoms with van der Waals surface area (Å²) in [5, 5.41) is 4.65. The van der Waals surface area contributed by atoms with Crippen LogP contribution in [0.5, 0.6) is 5.75 Å². The third kappa shape index (κ3) is 9.23. The Balaban J connectivity index is 1.82. The number of carbonyl (C=O) groups excluding carboxylic acids is 2. The molecule has 3 aromatic rings. The maximum absolute atomic E-state index is 13.7. The Hall–Kier alpha value is -2.73. The van der Waals surface area contributed by atoms with E-state index in [-0.39, 0.29) is 30.8 Å². The Bertz CT molecular complexity index is 1190. The molecule has 3 aromatic carbocycles. The van der Waals surface area contributed by atoms with Crippen LogP contribution in [0.2, 0.25) is 15.1 Å². The maximum atomic E-state index is 13.7. The van der Waals surface area contributed by atoms with E-state index >= 15 is 0 Å². The number of rotatable bonds is 13. The van der Waals surface area contributed by atoms with Gasteiger partial charge in [-0.2, -0.15) is 0 Å². The highest BCUT2D eigenvalue weighted by atomic mass is 35.5. The second-order valence-electron chi connectivity index (χ2n) is 9.19. The summed E-state index contributed by atoms with van der Waals surface area (Å²) in [7, 11) is 0. The summed E-state index contributed by atoms with van der Waals surface area (Å²) in [6.45, 7) is 4.49. The van der Waals surface area contributed by atoms with E-state index in [1.54, 1.807) is 47.4 Å². The zero-order valence-electron chi connectivity index (χ0n) is 21.6. The molecule has 2 amide bonds. The summed E-state index contributed by atoms with van der Waals surface area (Å²) in [6.07, 6.45) is 1.85. The highest BCUT2D eigenvalue weighted by molar-refractivity contribution is 6.35. The average molecular weight is 576 g/mol. The van der Waals surface area contributed by atoms with Gasteiger partial charge in [0.2, 0.25) is 11.8 Å². The maximum Gasteiger partial charge on any atom is 0.243 e. The zero-order valence-corrected chi connectivity index (χ0v) is 23.9. The molecule has 0 fully saturated rings. The molecule has 0 spiro atoms. The van der Waals surface area contributed by atoms with Crippen molar-refractivity contribution in [3.63, 3.8) is 0 Å². The summed E-state index contributed by atoms with van der Waals surface area (Å²) < 4.78 is 5.77. The number of hydrogen-bond acceptors (Lipinski definition) is 3. The molecule has 0 radical (unpaired) electrons. The van der Waals surface area contributed by atoms with E-state index in [4.69, 9.17) is 39.5 Å². The first kappa shape index (κ1) is 29.8. The zero-order chi connectivity index (χ0) is 27.5. The van der Waals surface area contributed by atoms with E-state index in [1.165, 1.54) is 0 Å². The minimum Gasteiger partial charge on any atom is -0.494 e. The molecule has 0 saturated carbocycles. The van der Waals surface area contributed by atoms with Crippen LogP contribution >= 0.6 is 34.8 Å². The van der Waals surface area contributed by atoms with E-state index in [0.29, 0.717) is 40.3 Å². The normalized spacial score (nSPS) is 12.4. The number of nitrogens with one attached hydrogen (secondary N) is 1. The molecule has 0 bridgehead atoms. The van der Waals surface area contributed by atoms with E-state index < -0.39 is 6.04 Å². The predicted octanol–water partition coefficient (Wildman–Crippen LogP) is 7.36. The van der Waals surface area contributed by atoms with Gasteiger partial charge in [0.25, 0.3) is 0 Å². The summed E-state index contributed by atoms with van der Waals surface area (Å²) >= 11 is 18.5. The monoisotopic (exact) mass is 574 g/mol. The van der Waals surface area contributed by atoms with Crippen molar-refractivity contribution in [3.8, 4) is 5.75 Å². The van der Waals surface area contributed by atoms with Gasteiger partial charge >= 0.3 is 0 Å². The molecule has 0 heterocycles. The topological polar surface area (TPSA) is 58.6 Å². The molecule has 0 aromatic heterocycles. The third-order valence-electron chi connectivity index (χ3n) is 6.25. The molecular formula is C30H33Cl3N2O3. The van der Waals surface area contributed by atoms with Crippen molar-refractivity contribution < 1.29 is 14.3 Å². The van der Waals surface area contributed by atoms with Gasteiger partial charge in [-0.25, -0.2) is 0 Å². The summed E-state index contributed by atoms with van der Waals surface area (Å²) in [6, 6.07) is 21.2. The van der Waals surface area contributed by atoms with Gasteiger partial charge in [0.15, 0.2) is 0 Å². The fourth-order valence-electron chi connectivity index (χ4n) is 3.92. The second kappa shape index (κ2) is 15.0. The first-order valence-electron chi connectivity index (χ1n) is 12.7. The van der Waals surface area contributed by atoms with Gasteiger partial charge < -0.3 is 15.0 Å². The Morgan fingerprint density at radius 2 is 1.63 bits per heavy atom. The summed E-state index contributed by atoms with van der Waals surface area (Å²) in [5.41, 5.74) is 1.68. The van der Waals surface area contributed by atoms with E-state index in [0.717, 1.165) is 17.5 Å². The Kier molecular flexibility index (Phi) is 11.8. The fraction of sp³-hybridized carbons (Fsp3) is 0.333. The smallest absolute Gasteiger partial charge is 0.243 e. The van der Waals surface area contributed by atoms with Gasteiger partial charge in [-0.3, -0.25) is 9.59 Å². The SMILES string of the molecule is CC[C@H](C)NC(=O)[C@@H](Cc1ccccc1)N(Cc1ccc(Cl)cc1Cl)C(=O)CCCOc1ccc(Cl)cc1. The Morgan fingerprint density at radius 1 is 0.947 bits per heavy atom. The van der Waals surface area contributed by atoms with Gasteiger partial charge in [0.05, 0.1) is 6.61 Å². The Morgan fingerprint density at radius 3 is 2.29 bits per heavy atom. The van der Waals surface area contributed by atoms with Crippen molar-refractivity contribution >= 4 is 46.6 Å². The second-order valence-corrected chi connectivity index (χ2v) is 10.5. The van der Waals surface area contributed by atoms with Crippen molar-refractivity contribution in [2.75, 3.05) is 6.61 Å². The molecule has 0 aliphatic rings. The first-order chi connectivity index (χ1) is 18.3. The van der Waals surface area contributed by atoms with Crippen LogP contribution in [-0.4, -0.2) is 35.4 Å². The highest BCUT2D eigenvalue weighted by Crippen LogP contribution is 2.25. The fourth-order valence-corrected chi connectivity index (χ4v) is 4.51. The predicted molar refractivity (Wildman–Crippen MR) is 155 cm³/mol. The molecule has 8 heteroatoms. The van der Waals surface area contributed by atoms with Crippen molar-refractivity contribution in [2.45, 2.75) is 58.2 Å². The highest BCUT2D eigenvalue weighted by Gasteiger charge is 2.31. The van der Waals surface area contributed by atoms with Crippen LogP contribution in [0, 0.1) is 0 Å². The number of hydrogen-bond donors (Lipinski definition) is 1. The molecule has 3 rings (SSSR count). The van der Waals surface area contributed by atoms with Gasteiger partial charge in [-0.05, 0) is 67.3 Å². The van der Waals surface area contributed by atoms with Crippen molar-refractivity contribution in [3.05, 3.63) is 99.0 Å². The van der Waals surface area contributed by atoms with Gasteiger partial charge in [-0.1, -0.05) is 78.1 Å². The number of nitrogens with zero attached hydrogens (tertiary/aromatic N) is 1. The minimum absolute atomic E-state index is 0.0235. The molecule has 0 aliphatic carbocycles. The van der Waals surface area contributed by atoms with Crippen LogP contribution in [0.15, 0.2) is 72.8 Å². The molecule has 0 aliphatic heterocycles. The molecule has 38 heavy (non-hydrogen) atoms. The molecule has 202 valence electrons. The third-order valence-corrected chi connectivity index (χ3v) is 7.08. The minimum atomic E-state index is -0.720. The number of benzene rings is 3. The number of carbonyl (C=O) groups is 2. The molecule has 0 unspecified atom stereocenters. The first-order valence-corrected chi connectivity index (χ1v) is 13.9. The molecule has 0 saturated heterocycles. The summed E-state index contributed by atoms with van der Waals surface area (Å²) in [5.74, 6) is 0.330. The summed E-state index contributed by atoms with van der Waals surface area (Å²) in [4.78, 5) is 28.8. The Labute approximate surface area is 240 Å². The van der Waals surface area contributed by atoms with Crippen LogP contribution in [0.25, 0.3) is 0 Å². The van der Waals surface area contributed by atoms with Gasteiger partial charge in [0.1, 0.15) is 11.8 Å². The van der Waals surface area contributed by atoms with Crippen molar-refractivity contribution in [1.29, 1.82) is 0 Å². The van der Waals surface area contributed by atoms with Crippen LogP contribution < -0.4 is 10.1 Å². The lowest BCUT2D eigenvalue weighted by Gasteiger charge is -2.32. The van der Waals surface area contributed by atoms with E-state index in [1.807, 2.05) is 44.2 Å². The number of amides is 2. The van der Waals surface area contributed by atoms with Crippen molar-refractivity contribution in [2.24, 2.45) is 0 Å². The molecule has 2 atom stereocenters. The lowest BCUT2D eigenvalue weighted by Crippen LogP contribution is -2.52. The van der Waals surface area contributed by atoms with Crippen LogP contribution in [0.3, 0.4) is 0 Å². The van der Waals surface area contributed by atoms with Gasteiger partial charge in [0, 0.05) is 40.5 Å². The number of ether oxygens (including phenoxy) is 1. The van der Waals surface area contributed by atoms with E-state index in [9.17, 15) is 9.59 Å². The average Bonchev–Trinajstić information content (AvgIpc) is 2.91. The van der Waals surface area contributed by atoms with Crippen LogP contribution in [-0.2, 0) is 22.6 Å². The lowest BCUT2D eigenvalue weighted by molar-refractivity contribution is -0.141. The molecule has 1 N–H and O–H groups in total. The van der Waals surface area contributed by atoms with Crippen LogP contribution in [0.1, 0.15) is 44.2 Å².